The van der Waals surface area contributed by atoms with Gasteiger partial charge in [-0.3, -0.25) is 9.59 Å². The highest BCUT2D eigenvalue weighted by Crippen LogP contribution is 2.36. The minimum absolute atomic E-state index is 0.0328. The van der Waals surface area contributed by atoms with Crippen LogP contribution < -0.4 is 10.6 Å². The standard InChI is InChI=1S/C19H22N2O5S/c1-10-12(3)27-18(21-17(23)13-6-7-13)16(10)19(24)26-9-15(22)20-11(2)14-5-4-8-25-14/h4-5,8,11,13H,6-7,9H2,1-3H3,(H,20,22)(H,21,23)/t11-/m1/s1. The number of aryl methyl sites for hydroxylation is 1. The monoisotopic (exact) mass is 390 g/mol. The summed E-state index contributed by atoms with van der Waals surface area (Å²) in [5.74, 6) is -0.478. The molecule has 2 aromatic rings. The Morgan fingerprint density at radius 1 is 1.33 bits per heavy atom. The zero-order chi connectivity index (χ0) is 19.6. The molecule has 0 unspecified atom stereocenters. The van der Waals surface area contributed by atoms with E-state index >= 15 is 0 Å². The Labute approximate surface area is 161 Å². The summed E-state index contributed by atoms with van der Waals surface area (Å²) in [6, 6.07) is 3.16. The van der Waals surface area contributed by atoms with Gasteiger partial charge in [0.15, 0.2) is 6.61 Å². The van der Waals surface area contributed by atoms with E-state index in [-0.39, 0.29) is 17.9 Å². The molecular weight excluding hydrogens is 368 g/mol. The van der Waals surface area contributed by atoms with Gasteiger partial charge in [-0.1, -0.05) is 0 Å². The molecule has 8 heteroatoms. The second-order valence-corrected chi connectivity index (χ2v) is 7.86. The van der Waals surface area contributed by atoms with Gasteiger partial charge >= 0.3 is 5.97 Å². The first-order valence-corrected chi connectivity index (χ1v) is 9.59. The Morgan fingerprint density at radius 3 is 2.70 bits per heavy atom. The maximum atomic E-state index is 12.5. The normalized spacial score (nSPS) is 14.5. The van der Waals surface area contributed by atoms with E-state index in [2.05, 4.69) is 10.6 Å². The van der Waals surface area contributed by atoms with Gasteiger partial charge in [-0.25, -0.2) is 4.79 Å². The van der Waals surface area contributed by atoms with Crippen LogP contribution in [0.3, 0.4) is 0 Å². The SMILES string of the molecule is Cc1sc(NC(=O)C2CC2)c(C(=O)OCC(=O)N[C@H](C)c2ccco2)c1C. The minimum atomic E-state index is -0.622. The number of nitrogens with one attached hydrogen (secondary N) is 2. The summed E-state index contributed by atoms with van der Waals surface area (Å²) in [5, 5.41) is 6.00. The zero-order valence-corrected chi connectivity index (χ0v) is 16.3. The third kappa shape index (κ3) is 4.57. The van der Waals surface area contributed by atoms with Crippen molar-refractivity contribution in [3.63, 3.8) is 0 Å². The molecule has 0 saturated heterocycles. The van der Waals surface area contributed by atoms with E-state index in [1.807, 2.05) is 6.92 Å². The Morgan fingerprint density at radius 2 is 2.07 bits per heavy atom. The first-order chi connectivity index (χ1) is 12.9. The maximum absolute atomic E-state index is 12.5. The van der Waals surface area contributed by atoms with E-state index in [4.69, 9.17) is 9.15 Å². The van der Waals surface area contributed by atoms with Crippen LogP contribution in [0.15, 0.2) is 22.8 Å². The highest BCUT2D eigenvalue weighted by Gasteiger charge is 2.31. The van der Waals surface area contributed by atoms with Crippen LogP contribution in [0, 0.1) is 19.8 Å². The van der Waals surface area contributed by atoms with Gasteiger partial charge < -0.3 is 19.8 Å². The lowest BCUT2D eigenvalue weighted by molar-refractivity contribution is -0.125. The molecular formula is C19H22N2O5S. The lowest BCUT2D eigenvalue weighted by Gasteiger charge is -2.12. The summed E-state index contributed by atoms with van der Waals surface area (Å²) >= 11 is 1.34. The molecule has 0 spiro atoms. The second kappa shape index (κ2) is 7.96. The molecule has 0 aromatic carbocycles. The van der Waals surface area contributed by atoms with Gasteiger partial charge in [0.25, 0.3) is 5.91 Å². The van der Waals surface area contributed by atoms with E-state index in [0.29, 0.717) is 16.3 Å². The largest absolute Gasteiger partial charge is 0.467 e. The fourth-order valence-corrected chi connectivity index (χ4v) is 3.67. The van der Waals surface area contributed by atoms with E-state index in [9.17, 15) is 14.4 Å². The summed E-state index contributed by atoms with van der Waals surface area (Å²) in [6.07, 6.45) is 3.28. The predicted molar refractivity (Wildman–Crippen MR) is 101 cm³/mol. The van der Waals surface area contributed by atoms with Gasteiger partial charge in [0.1, 0.15) is 10.8 Å². The van der Waals surface area contributed by atoms with Crippen LogP contribution in [0.4, 0.5) is 5.00 Å². The Hall–Kier alpha value is -2.61. The summed E-state index contributed by atoms with van der Waals surface area (Å²) in [6.45, 7) is 5.04. The van der Waals surface area contributed by atoms with E-state index < -0.39 is 18.5 Å². The van der Waals surface area contributed by atoms with Gasteiger partial charge in [-0.05, 0) is 51.3 Å². The van der Waals surface area contributed by atoms with Crippen molar-refractivity contribution in [2.75, 3.05) is 11.9 Å². The number of esters is 1. The Kier molecular flexibility index (Phi) is 5.65. The van der Waals surface area contributed by atoms with Crippen LogP contribution in [0.1, 0.15) is 52.4 Å². The fourth-order valence-electron chi connectivity index (χ4n) is 2.62. The van der Waals surface area contributed by atoms with Crippen molar-refractivity contribution in [1.29, 1.82) is 0 Å². The topological polar surface area (TPSA) is 97.6 Å². The average molecular weight is 390 g/mol. The van der Waals surface area contributed by atoms with Gasteiger partial charge in [0.05, 0.1) is 17.9 Å². The third-order valence-electron chi connectivity index (χ3n) is 4.46. The first kappa shape index (κ1) is 19.2. The van der Waals surface area contributed by atoms with E-state index in [1.54, 1.807) is 26.0 Å². The highest BCUT2D eigenvalue weighted by atomic mass is 32.1. The molecule has 2 aromatic heterocycles. The molecule has 27 heavy (non-hydrogen) atoms. The third-order valence-corrected chi connectivity index (χ3v) is 5.58. The molecule has 1 fully saturated rings. The number of anilines is 1. The fraction of sp³-hybridized carbons (Fsp3) is 0.421. The Bertz CT molecular complexity index is 852. The molecule has 0 aliphatic heterocycles. The van der Waals surface area contributed by atoms with Gasteiger partial charge in [-0.15, -0.1) is 11.3 Å². The second-order valence-electron chi connectivity index (χ2n) is 6.63. The van der Waals surface area contributed by atoms with E-state index in [0.717, 1.165) is 23.3 Å². The number of furan rings is 1. The highest BCUT2D eigenvalue weighted by molar-refractivity contribution is 7.16. The average Bonchev–Trinajstić information content (AvgIpc) is 3.26. The van der Waals surface area contributed by atoms with Gasteiger partial charge in [0, 0.05) is 10.8 Å². The van der Waals surface area contributed by atoms with Crippen molar-refractivity contribution in [2.45, 2.75) is 39.7 Å². The molecule has 1 aliphatic rings. The lowest BCUT2D eigenvalue weighted by Crippen LogP contribution is -2.31. The summed E-state index contributed by atoms with van der Waals surface area (Å²) in [7, 11) is 0. The molecule has 1 saturated carbocycles. The number of carbonyl (C=O) groups excluding carboxylic acids is 3. The predicted octanol–water partition coefficient (Wildman–Crippen LogP) is 3.34. The lowest BCUT2D eigenvalue weighted by atomic mass is 10.1. The summed E-state index contributed by atoms with van der Waals surface area (Å²) in [5.41, 5.74) is 1.07. The number of amides is 2. The molecule has 1 aliphatic carbocycles. The van der Waals surface area contributed by atoms with Crippen LogP contribution in [0.2, 0.25) is 0 Å². The van der Waals surface area contributed by atoms with Crippen LogP contribution in [0.5, 0.6) is 0 Å². The van der Waals surface area contributed by atoms with Gasteiger partial charge in [0.2, 0.25) is 5.91 Å². The molecule has 0 bridgehead atoms. The maximum Gasteiger partial charge on any atom is 0.341 e. The van der Waals surface area contributed by atoms with Crippen LogP contribution >= 0.6 is 11.3 Å². The number of hydrogen-bond acceptors (Lipinski definition) is 6. The van der Waals surface area contributed by atoms with Crippen LogP contribution in [-0.4, -0.2) is 24.4 Å². The number of rotatable bonds is 7. The van der Waals surface area contributed by atoms with Crippen molar-refractivity contribution in [3.05, 3.63) is 40.2 Å². The smallest absolute Gasteiger partial charge is 0.341 e. The number of ether oxygens (including phenoxy) is 1. The summed E-state index contributed by atoms with van der Waals surface area (Å²) < 4.78 is 10.4. The van der Waals surface area contributed by atoms with Crippen molar-refractivity contribution < 1.29 is 23.5 Å². The molecule has 144 valence electrons. The zero-order valence-electron chi connectivity index (χ0n) is 15.5. The number of hydrogen-bond donors (Lipinski definition) is 2. The molecule has 0 radical (unpaired) electrons. The van der Waals surface area contributed by atoms with Crippen molar-refractivity contribution >= 4 is 34.1 Å². The molecule has 2 amide bonds. The van der Waals surface area contributed by atoms with Crippen molar-refractivity contribution in [2.24, 2.45) is 5.92 Å². The minimum Gasteiger partial charge on any atom is -0.467 e. The molecule has 7 nitrogen and oxygen atoms in total. The Balaban J connectivity index is 1.60. The molecule has 1 atom stereocenters. The number of thiophene rings is 1. The number of carbonyl (C=O) groups is 3. The van der Waals surface area contributed by atoms with Crippen LogP contribution in [-0.2, 0) is 14.3 Å². The molecule has 3 rings (SSSR count). The quantitative estimate of drug-likeness (QED) is 0.707. The first-order valence-electron chi connectivity index (χ1n) is 8.77. The van der Waals surface area contributed by atoms with Crippen molar-refractivity contribution in [3.8, 4) is 0 Å². The van der Waals surface area contributed by atoms with Crippen LogP contribution in [0.25, 0.3) is 0 Å². The summed E-state index contributed by atoms with van der Waals surface area (Å²) in [4.78, 5) is 37.5. The van der Waals surface area contributed by atoms with E-state index in [1.165, 1.54) is 17.6 Å². The van der Waals surface area contributed by atoms with Crippen molar-refractivity contribution in [1.82, 2.24) is 5.32 Å². The molecule has 2 heterocycles. The molecule has 2 N–H and O–H groups in total. The van der Waals surface area contributed by atoms with Gasteiger partial charge in [-0.2, -0.15) is 0 Å².